The van der Waals surface area contributed by atoms with Crippen LogP contribution < -0.4 is 0 Å². The number of quaternary nitrogens is 1. The number of nitrogens with zero attached hydrogens (tertiary/aromatic N) is 1. The fourth-order valence-electron chi connectivity index (χ4n) is 4.25. The lowest BCUT2D eigenvalue weighted by Crippen LogP contribution is -2.37. The van der Waals surface area contributed by atoms with Crippen molar-refractivity contribution in [3.05, 3.63) is 0 Å². The van der Waals surface area contributed by atoms with E-state index in [9.17, 15) is 9.46 Å². The summed E-state index contributed by atoms with van der Waals surface area (Å²) in [4.78, 5) is 9.80. The van der Waals surface area contributed by atoms with Gasteiger partial charge in [0.1, 0.15) is 13.2 Å². The summed E-state index contributed by atoms with van der Waals surface area (Å²) in [5.74, 6) is 0.817. The summed E-state index contributed by atoms with van der Waals surface area (Å²) in [7, 11) is 2.18. The van der Waals surface area contributed by atoms with E-state index in [4.69, 9.17) is 9.05 Å². The molecule has 1 aliphatic carbocycles. The average Bonchev–Trinajstić information content (AvgIpc) is 2.66. The van der Waals surface area contributed by atoms with Gasteiger partial charge in [0.2, 0.25) is 0 Å². The number of unbranched alkanes of at least 4 members (excludes halogenated alkanes) is 1. The monoisotopic (exact) mass is 448 g/mol. The van der Waals surface area contributed by atoms with E-state index in [2.05, 4.69) is 0 Å². The van der Waals surface area contributed by atoms with Crippen LogP contribution in [0.25, 0.3) is 0 Å². The fraction of sp³-hybridized carbons (Fsp3) is 1.00. The van der Waals surface area contributed by atoms with Crippen LogP contribution >= 0.6 is 7.82 Å². The zero-order valence-corrected chi connectivity index (χ0v) is 21.2. The third-order valence-electron chi connectivity index (χ3n) is 6.25. The van der Waals surface area contributed by atoms with E-state index in [1.165, 1.54) is 96.3 Å². The Balaban J connectivity index is 2.21. The molecule has 180 valence electrons. The molecule has 0 spiro atoms. The first-order chi connectivity index (χ1) is 14.3. The Bertz CT molecular complexity index is 437. The summed E-state index contributed by atoms with van der Waals surface area (Å²) in [6.45, 7) is 1.22. The molecule has 0 aliphatic heterocycles. The van der Waals surface area contributed by atoms with Crippen molar-refractivity contribution in [3.8, 4) is 0 Å². The summed E-state index contributed by atoms with van der Waals surface area (Å²) >= 11 is 0. The van der Waals surface area contributed by atoms with Crippen molar-refractivity contribution in [1.29, 1.82) is 0 Å². The van der Waals surface area contributed by atoms with E-state index in [0.29, 0.717) is 17.6 Å². The summed E-state index contributed by atoms with van der Waals surface area (Å²) in [5.41, 5.74) is 0. The molecule has 1 saturated carbocycles. The predicted molar refractivity (Wildman–Crippen MR) is 127 cm³/mol. The van der Waals surface area contributed by atoms with Gasteiger partial charge in [0.15, 0.2) is 0 Å². The largest absolute Gasteiger partial charge is 0.472 e. The maximum absolute atomic E-state index is 12.0. The van der Waals surface area contributed by atoms with Crippen molar-refractivity contribution in [3.63, 3.8) is 0 Å². The van der Waals surface area contributed by atoms with Crippen molar-refractivity contribution in [2.75, 3.05) is 40.9 Å². The molecule has 1 unspecified atom stereocenters. The van der Waals surface area contributed by atoms with E-state index in [-0.39, 0.29) is 6.61 Å². The molecule has 1 N–H and O–H groups in total. The molecule has 1 atom stereocenters. The lowest BCUT2D eigenvalue weighted by Gasteiger charge is -2.24. The number of hydrogen-bond acceptors (Lipinski definition) is 3. The Morgan fingerprint density at radius 2 is 1.17 bits per heavy atom. The second kappa shape index (κ2) is 16.7. The van der Waals surface area contributed by atoms with Crippen molar-refractivity contribution >= 4 is 7.82 Å². The summed E-state index contributed by atoms with van der Waals surface area (Å²) in [6.07, 6.45) is 22.7. The lowest BCUT2D eigenvalue weighted by atomic mass is 9.90. The molecule has 5 nitrogen and oxygen atoms in total. The maximum atomic E-state index is 12.0. The van der Waals surface area contributed by atoms with Gasteiger partial charge in [-0.15, -0.1) is 0 Å². The number of phosphoric ester groups is 1. The van der Waals surface area contributed by atoms with Gasteiger partial charge in [-0.25, -0.2) is 4.57 Å². The lowest BCUT2D eigenvalue weighted by molar-refractivity contribution is -0.870. The number of likely N-dealkylation sites (N-methyl/N-ethyl adjacent to an activating group) is 1. The summed E-state index contributed by atoms with van der Waals surface area (Å²) in [5, 5.41) is 0. The van der Waals surface area contributed by atoms with Crippen LogP contribution in [-0.4, -0.2) is 50.3 Å². The first-order valence-electron chi connectivity index (χ1n) is 12.7. The maximum Gasteiger partial charge on any atom is 0.472 e. The Kier molecular flexibility index (Phi) is 15.6. The van der Waals surface area contributed by atoms with Crippen LogP contribution in [-0.2, 0) is 13.6 Å². The molecule has 1 rings (SSSR count). The third kappa shape index (κ3) is 17.7. The van der Waals surface area contributed by atoms with Crippen LogP contribution in [0.3, 0.4) is 0 Å². The highest BCUT2D eigenvalue weighted by Crippen LogP contribution is 2.43. The molecule has 0 heterocycles. The van der Waals surface area contributed by atoms with Gasteiger partial charge in [0.05, 0.1) is 27.7 Å². The molecule has 0 saturated heterocycles. The normalized spacial score (nSPS) is 21.5. The smallest absolute Gasteiger partial charge is 0.329 e. The number of phosphoric acid groups is 1. The van der Waals surface area contributed by atoms with E-state index in [0.717, 1.165) is 18.8 Å². The third-order valence-corrected chi connectivity index (χ3v) is 7.27. The minimum absolute atomic E-state index is 0.235. The number of hydrogen-bond donors (Lipinski definition) is 1. The van der Waals surface area contributed by atoms with Crippen LogP contribution in [0.4, 0.5) is 0 Å². The Morgan fingerprint density at radius 3 is 1.63 bits per heavy atom. The molecule has 0 aromatic rings. The van der Waals surface area contributed by atoms with Crippen molar-refractivity contribution in [2.24, 2.45) is 5.92 Å². The van der Waals surface area contributed by atoms with E-state index in [1.807, 2.05) is 21.1 Å². The Hall–Kier alpha value is 0.0700. The second-order valence-electron chi connectivity index (χ2n) is 10.3. The predicted octanol–water partition coefficient (Wildman–Crippen LogP) is 7.09. The average molecular weight is 449 g/mol. The first-order valence-corrected chi connectivity index (χ1v) is 14.2. The quantitative estimate of drug-likeness (QED) is 0.220. The van der Waals surface area contributed by atoms with Crippen LogP contribution in [0.1, 0.15) is 109 Å². The molecule has 0 radical (unpaired) electrons. The number of rotatable bonds is 10. The standard InChI is InChI=1S/C24H50NO4P/c1-25(2,3)21-23-29-30(26,27)28-22-17-16-20-24-18-14-12-10-8-6-4-5-7-9-11-13-15-19-24/h24H,4-23H2,1-3H3/p+1. The first kappa shape index (κ1) is 28.1. The van der Waals surface area contributed by atoms with Gasteiger partial charge in [-0.05, 0) is 12.3 Å². The minimum atomic E-state index is -3.90. The Morgan fingerprint density at radius 1 is 0.733 bits per heavy atom. The van der Waals surface area contributed by atoms with Crippen LogP contribution in [0.2, 0.25) is 0 Å². The van der Waals surface area contributed by atoms with Gasteiger partial charge in [-0.1, -0.05) is 103 Å². The fourth-order valence-corrected chi connectivity index (χ4v) is 5.00. The molecular formula is C24H51NO4P+. The van der Waals surface area contributed by atoms with Gasteiger partial charge in [-0.2, -0.15) is 0 Å². The van der Waals surface area contributed by atoms with Crippen LogP contribution in [0, 0.1) is 5.92 Å². The molecule has 6 heteroatoms. The molecule has 0 amide bonds. The Labute approximate surface area is 187 Å². The highest BCUT2D eigenvalue weighted by molar-refractivity contribution is 7.47. The van der Waals surface area contributed by atoms with Gasteiger partial charge < -0.3 is 9.38 Å². The van der Waals surface area contributed by atoms with Crippen molar-refractivity contribution in [2.45, 2.75) is 109 Å². The van der Waals surface area contributed by atoms with E-state index >= 15 is 0 Å². The van der Waals surface area contributed by atoms with Crippen LogP contribution in [0.5, 0.6) is 0 Å². The van der Waals surface area contributed by atoms with Gasteiger partial charge >= 0.3 is 7.82 Å². The van der Waals surface area contributed by atoms with E-state index < -0.39 is 7.82 Å². The molecule has 1 aliphatic rings. The summed E-state index contributed by atoms with van der Waals surface area (Å²) < 4.78 is 22.9. The molecular weight excluding hydrogens is 397 g/mol. The topological polar surface area (TPSA) is 55.8 Å². The minimum Gasteiger partial charge on any atom is -0.329 e. The van der Waals surface area contributed by atoms with Crippen LogP contribution in [0.15, 0.2) is 0 Å². The van der Waals surface area contributed by atoms with Crippen molar-refractivity contribution < 1.29 is 23.0 Å². The molecule has 30 heavy (non-hydrogen) atoms. The van der Waals surface area contributed by atoms with E-state index in [1.54, 1.807) is 0 Å². The highest BCUT2D eigenvalue weighted by Gasteiger charge is 2.22. The van der Waals surface area contributed by atoms with Crippen molar-refractivity contribution in [1.82, 2.24) is 0 Å². The zero-order valence-electron chi connectivity index (χ0n) is 20.3. The second-order valence-corrected chi connectivity index (χ2v) is 11.8. The molecule has 0 aromatic heterocycles. The molecule has 0 bridgehead atoms. The SMILES string of the molecule is C[N+](C)(C)CCOP(=O)(O)OCCCCC1CCCCCCCCCCCCCC1. The summed E-state index contributed by atoms with van der Waals surface area (Å²) in [6, 6.07) is 0. The van der Waals surface area contributed by atoms with Gasteiger partial charge in [-0.3, -0.25) is 9.05 Å². The zero-order chi connectivity index (χ0) is 22.1. The van der Waals surface area contributed by atoms with Gasteiger partial charge in [0, 0.05) is 0 Å². The molecule has 0 aromatic carbocycles. The van der Waals surface area contributed by atoms with Gasteiger partial charge in [0.25, 0.3) is 0 Å². The highest BCUT2D eigenvalue weighted by atomic mass is 31.2. The molecule has 1 fully saturated rings.